The number of aliphatic hydroxyl groups excluding tert-OH is 1. The second-order valence-corrected chi connectivity index (χ2v) is 3.37. The third-order valence-corrected chi connectivity index (χ3v) is 2.38. The van der Waals surface area contributed by atoms with Gasteiger partial charge in [-0.15, -0.1) is 11.8 Å². The smallest absolute Gasteiger partial charge is 0.332 e. The van der Waals surface area contributed by atoms with Gasteiger partial charge in [0.15, 0.2) is 0 Å². The summed E-state index contributed by atoms with van der Waals surface area (Å²) < 4.78 is 0. The first-order valence-electron chi connectivity index (χ1n) is 3.24. The first kappa shape index (κ1) is 10.5. The summed E-state index contributed by atoms with van der Waals surface area (Å²) in [5, 5.41) is 17.0. The summed E-state index contributed by atoms with van der Waals surface area (Å²) in [7, 11) is 0. The summed E-state index contributed by atoms with van der Waals surface area (Å²) in [5.41, 5.74) is 0.350. The third kappa shape index (κ3) is 4.06. The van der Waals surface area contributed by atoms with Crippen molar-refractivity contribution >= 4 is 17.7 Å². The van der Waals surface area contributed by atoms with E-state index in [4.69, 9.17) is 10.2 Å². The zero-order valence-corrected chi connectivity index (χ0v) is 7.44. The van der Waals surface area contributed by atoms with Crippen LogP contribution in [0.4, 0.5) is 0 Å². The van der Waals surface area contributed by atoms with Gasteiger partial charge in [0, 0.05) is 11.3 Å². The number of hydrogen-bond acceptors (Lipinski definition) is 3. The molecule has 2 N–H and O–H groups in total. The third-order valence-electron chi connectivity index (χ3n) is 1.26. The molecule has 0 unspecified atom stereocenters. The maximum Gasteiger partial charge on any atom is 0.332 e. The molecule has 0 aromatic rings. The molecule has 0 saturated heterocycles. The molecule has 0 rings (SSSR count). The topological polar surface area (TPSA) is 57.5 Å². The van der Waals surface area contributed by atoms with E-state index in [1.165, 1.54) is 11.8 Å². The number of rotatable bonds is 4. The number of thioether (sulfide) groups is 1. The molecule has 0 amide bonds. The summed E-state index contributed by atoms with van der Waals surface area (Å²) in [6.45, 7) is 3.38. The van der Waals surface area contributed by atoms with E-state index in [-0.39, 0.29) is 6.61 Å². The summed E-state index contributed by atoms with van der Waals surface area (Å²) >= 11 is 1.36. The lowest BCUT2D eigenvalue weighted by Gasteiger charge is -2.00. The molecular formula is C7H12O3S. The van der Waals surface area contributed by atoms with Crippen molar-refractivity contribution in [2.75, 3.05) is 12.4 Å². The number of hydrogen-bond donors (Lipinski definition) is 2. The predicted molar refractivity (Wildman–Crippen MR) is 45.6 cm³/mol. The maximum absolute atomic E-state index is 10.4. The molecule has 0 aliphatic rings. The van der Waals surface area contributed by atoms with Gasteiger partial charge in [-0.2, -0.15) is 0 Å². The number of aliphatic hydroxyl groups is 1. The van der Waals surface area contributed by atoms with Crippen LogP contribution in [0.1, 0.15) is 13.8 Å². The van der Waals surface area contributed by atoms with Crippen molar-refractivity contribution in [3.8, 4) is 0 Å². The van der Waals surface area contributed by atoms with E-state index >= 15 is 0 Å². The lowest BCUT2D eigenvalue weighted by molar-refractivity contribution is -0.132. The Labute approximate surface area is 70.1 Å². The second kappa shape index (κ2) is 5.21. The van der Waals surface area contributed by atoms with Crippen LogP contribution in [0.5, 0.6) is 0 Å². The Morgan fingerprint density at radius 2 is 2.00 bits per heavy atom. The molecule has 0 aromatic heterocycles. The van der Waals surface area contributed by atoms with Gasteiger partial charge < -0.3 is 10.2 Å². The van der Waals surface area contributed by atoms with Crippen LogP contribution < -0.4 is 0 Å². The lowest BCUT2D eigenvalue weighted by Crippen LogP contribution is -1.98. The van der Waals surface area contributed by atoms with Gasteiger partial charge in [0.25, 0.3) is 0 Å². The van der Waals surface area contributed by atoms with Crippen molar-refractivity contribution in [3.05, 3.63) is 10.5 Å². The number of carboxylic acid groups (broad SMARTS) is 1. The van der Waals surface area contributed by atoms with Crippen molar-refractivity contribution in [2.45, 2.75) is 13.8 Å². The van der Waals surface area contributed by atoms with Gasteiger partial charge in [0.05, 0.1) is 6.61 Å². The number of carbonyl (C=O) groups is 1. The van der Waals surface area contributed by atoms with E-state index < -0.39 is 5.97 Å². The van der Waals surface area contributed by atoms with Crippen molar-refractivity contribution in [2.24, 2.45) is 0 Å². The normalized spacial score (nSPS) is 12.6. The van der Waals surface area contributed by atoms with E-state index in [9.17, 15) is 4.79 Å². The molecule has 4 heteroatoms. The quantitative estimate of drug-likeness (QED) is 0.629. The standard InChI is InChI=1S/C7H12O3S/c1-5(7(9)10)6(2)11-4-3-8/h8H,3-4H2,1-2H3,(H,9,10). The largest absolute Gasteiger partial charge is 0.478 e. The minimum absolute atomic E-state index is 0.0783. The minimum atomic E-state index is -0.895. The number of carboxylic acids is 1. The summed E-state index contributed by atoms with van der Waals surface area (Å²) in [4.78, 5) is 11.1. The lowest BCUT2D eigenvalue weighted by atomic mass is 10.3. The van der Waals surface area contributed by atoms with Crippen LogP contribution in [0, 0.1) is 0 Å². The fraction of sp³-hybridized carbons (Fsp3) is 0.571. The van der Waals surface area contributed by atoms with Crippen LogP contribution in [0.3, 0.4) is 0 Å². The fourth-order valence-electron chi connectivity index (χ4n) is 0.458. The molecule has 0 atom stereocenters. The second-order valence-electron chi connectivity index (χ2n) is 2.06. The van der Waals surface area contributed by atoms with Crippen molar-refractivity contribution in [3.63, 3.8) is 0 Å². The molecule has 0 aliphatic carbocycles. The Hall–Kier alpha value is -0.480. The van der Waals surface area contributed by atoms with Crippen molar-refractivity contribution < 1.29 is 15.0 Å². The fourth-order valence-corrected chi connectivity index (χ4v) is 1.16. The SMILES string of the molecule is CC(SCCO)=C(C)C(=O)O. The summed E-state index contributed by atoms with van der Waals surface area (Å²) in [6.07, 6.45) is 0. The molecule has 0 aliphatic heterocycles. The Bertz CT molecular complexity index is 175. The van der Waals surface area contributed by atoms with Gasteiger partial charge in [-0.25, -0.2) is 4.79 Å². The zero-order valence-electron chi connectivity index (χ0n) is 6.63. The predicted octanol–water partition coefficient (Wildman–Crippen LogP) is 1.09. The van der Waals surface area contributed by atoms with Gasteiger partial charge in [0.2, 0.25) is 0 Å². The summed E-state index contributed by atoms with van der Waals surface area (Å²) in [5.74, 6) is -0.343. The first-order valence-corrected chi connectivity index (χ1v) is 4.22. The summed E-state index contributed by atoms with van der Waals surface area (Å²) in [6, 6.07) is 0. The van der Waals surface area contributed by atoms with Crippen molar-refractivity contribution in [1.82, 2.24) is 0 Å². The minimum Gasteiger partial charge on any atom is -0.478 e. The Morgan fingerprint density at radius 3 is 2.36 bits per heavy atom. The highest BCUT2D eigenvalue weighted by atomic mass is 32.2. The van der Waals surface area contributed by atoms with Gasteiger partial charge in [-0.1, -0.05) is 0 Å². The monoisotopic (exact) mass is 176 g/mol. The average molecular weight is 176 g/mol. The first-order chi connectivity index (χ1) is 5.09. The molecule has 11 heavy (non-hydrogen) atoms. The molecular weight excluding hydrogens is 164 g/mol. The molecule has 0 bridgehead atoms. The van der Waals surface area contributed by atoms with E-state index in [0.29, 0.717) is 11.3 Å². The van der Waals surface area contributed by atoms with Crippen LogP contribution >= 0.6 is 11.8 Å². The molecule has 0 spiro atoms. The maximum atomic E-state index is 10.4. The highest BCUT2D eigenvalue weighted by Crippen LogP contribution is 2.18. The van der Waals surface area contributed by atoms with Crippen LogP contribution in [0.25, 0.3) is 0 Å². The Balaban J connectivity index is 4.05. The molecule has 0 heterocycles. The molecule has 0 fully saturated rings. The average Bonchev–Trinajstić information content (AvgIpc) is 1.98. The molecule has 0 radical (unpaired) electrons. The Kier molecular flexibility index (Phi) is 4.98. The highest BCUT2D eigenvalue weighted by molar-refractivity contribution is 8.03. The number of allylic oxidation sites excluding steroid dienone is 1. The van der Waals surface area contributed by atoms with Crippen molar-refractivity contribution in [1.29, 1.82) is 0 Å². The van der Waals surface area contributed by atoms with Gasteiger partial charge in [-0.05, 0) is 18.8 Å². The van der Waals surface area contributed by atoms with Gasteiger partial charge in [-0.3, -0.25) is 0 Å². The van der Waals surface area contributed by atoms with Crippen LogP contribution in [0.15, 0.2) is 10.5 Å². The number of aliphatic carboxylic acids is 1. The molecule has 64 valence electrons. The van der Waals surface area contributed by atoms with Crippen LogP contribution in [-0.4, -0.2) is 28.5 Å². The molecule has 0 saturated carbocycles. The highest BCUT2D eigenvalue weighted by Gasteiger charge is 2.04. The van der Waals surface area contributed by atoms with E-state index in [1.807, 2.05) is 0 Å². The molecule has 3 nitrogen and oxygen atoms in total. The van der Waals surface area contributed by atoms with E-state index in [2.05, 4.69) is 0 Å². The molecule has 0 aromatic carbocycles. The van der Waals surface area contributed by atoms with E-state index in [1.54, 1.807) is 13.8 Å². The van der Waals surface area contributed by atoms with Crippen LogP contribution in [-0.2, 0) is 4.79 Å². The van der Waals surface area contributed by atoms with E-state index in [0.717, 1.165) is 4.91 Å². The Morgan fingerprint density at radius 1 is 1.45 bits per heavy atom. The van der Waals surface area contributed by atoms with Gasteiger partial charge in [0.1, 0.15) is 0 Å². The van der Waals surface area contributed by atoms with Gasteiger partial charge >= 0.3 is 5.97 Å². The zero-order chi connectivity index (χ0) is 8.85. The van der Waals surface area contributed by atoms with Crippen LogP contribution in [0.2, 0.25) is 0 Å².